The van der Waals surface area contributed by atoms with Crippen molar-refractivity contribution >= 4 is 10.0 Å². The molecule has 1 aromatic heterocycles. The van der Waals surface area contributed by atoms with Gasteiger partial charge in [0.25, 0.3) is 0 Å². The summed E-state index contributed by atoms with van der Waals surface area (Å²) in [6, 6.07) is -0.0541. The molecule has 0 aliphatic heterocycles. The lowest BCUT2D eigenvalue weighted by molar-refractivity contribution is 0.538. The normalized spacial score (nSPS) is 13.5. The van der Waals surface area contributed by atoms with Gasteiger partial charge in [0.2, 0.25) is 10.0 Å². The largest absolute Gasteiger partial charge is 0.317 e. The molecule has 21 heavy (non-hydrogen) atoms. The average Bonchev–Trinajstić information content (AvgIpc) is 2.88. The first kappa shape index (κ1) is 18.1. The van der Waals surface area contributed by atoms with Crippen molar-refractivity contribution in [2.45, 2.75) is 63.9 Å². The van der Waals surface area contributed by atoms with Gasteiger partial charge in [-0.05, 0) is 39.3 Å². The molecule has 0 aromatic carbocycles. The van der Waals surface area contributed by atoms with Crippen molar-refractivity contribution in [1.82, 2.24) is 19.8 Å². The highest BCUT2D eigenvalue weighted by Gasteiger charge is 2.18. The number of aryl methyl sites for hydroxylation is 1. The minimum absolute atomic E-state index is 0.0541. The zero-order chi connectivity index (χ0) is 15.7. The van der Waals surface area contributed by atoms with Gasteiger partial charge in [-0.3, -0.25) is 4.68 Å². The fraction of sp³-hybridized carbons (Fsp3) is 0.786. The van der Waals surface area contributed by atoms with Crippen molar-refractivity contribution in [3.63, 3.8) is 0 Å². The van der Waals surface area contributed by atoms with E-state index in [0.717, 1.165) is 45.3 Å². The van der Waals surface area contributed by atoms with Crippen LogP contribution in [0.2, 0.25) is 0 Å². The summed E-state index contributed by atoms with van der Waals surface area (Å²) < 4.78 is 28.7. The van der Waals surface area contributed by atoms with Gasteiger partial charge in [-0.25, -0.2) is 13.1 Å². The molecule has 0 aliphatic rings. The lowest BCUT2D eigenvalue weighted by Gasteiger charge is -2.11. The molecule has 2 N–H and O–H groups in total. The van der Waals surface area contributed by atoms with Crippen LogP contribution in [0.1, 0.15) is 46.5 Å². The maximum atomic E-state index is 12.2. The molecule has 1 atom stereocenters. The van der Waals surface area contributed by atoms with Crippen LogP contribution < -0.4 is 10.0 Å². The fourth-order valence-electron chi connectivity index (χ4n) is 2.10. The van der Waals surface area contributed by atoms with E-state index in [2.05, 4.69) is 22.1 Å². The first-order valence-electron chi connectivity index (χ1n) is 7.75. The summed E-state index contributed by atoms with van der Waals surface area (Å²) in [6.07, 6.45) is 6.85. The van der Waals surface area contributed by atoms with Crippen LogP contribution >= 0.6 is 0 Å². The van der Waals surface area contributed by atoms with E-state index in [9.17, 15) is 8.42 Å². The Morgan fingerprint density at radius 3 is 2.71 bits per heavy atom. The van der Waals surface area contributed by atoms with Gasteiger partial charge in [0.05, 0.1) is 6.20 Å². The molecule has 0 bridgehead atoms. The lowest BCUT2D eigenvalue weighted by Crippen LogP contribution is -2.32. The minimum atomic E-state index is -3.45. The Labute approximate surface area is 128 Å². The Morgan fingerprint density at radius 2 is 2.05 bits per heavy atom. The topological polar surface area (TPSA) is 76.0 Å². The Bertz CT molecular complexity index is 499. The highest BCUT2D eigenvalue weighted by molar-refractivity contribution is 7.89. The highest BCUT2D eigenvalue weighted by Crippen LogP contribution is 2.09. The molecule has 7 heteroatoms. The quantitative estimate of drug-likeness (QED) is 0.610. The van der Waals surface area contributed by atoms with Crippen molar-refractivity contribution in [3.8, 4) is 0 Å². The molecular formula is C14H28N4O2S. The van der Waals surface area contributed by atoms with E-state index in [1.165, 1.54) is 6.20 Å². The van der Waals surface area contributed by atoms with Crippen molar-refractivity contribution in [3.05, 3.63) is 12.4 Å². The summed E-state index contributed by atoms with van der Waals surface area (Å²) >= 11 is 0. The lowest BCUT2D eigenvalue weighted by atomic mass is 10.2. The number of hydrogen-bond donors (Lipinski definition) is 2. The van der Waals surface area contributed by atoms with Gasteiger partial charge >= 0.3 is 0 Å². The zero-order valence-corrected chi connectivity index (χ0v) is 14.1. The highest BCUT2D eigenvalue weighted by atomic mass is 32.2. The number of nitrogens with one attached hydrogen (secondary N) is 2. The maximum absolute atomic E-state index is 12.2. The monoisotopic (exact) mass is 316 g/mol. The van der Waals surface area contributed by atoms with Crippen LogP contribution in [-0.2, 0) is 16.6 Å². The van der Waals surface area contributed by atoms with E-state index < -0.39 is 10.0 Å². The van der Waals surface area contributed by atoms with E-state index in [0.29, 0.717) is 0 Å². The third kappa shape index (κ3) is 6.58. The van der Waals surface area contributed by atoms with E-state index in [1.54, 1.807) is 10.9 Å². The summed E-state index contributed by atoms with van der Waals surface area (Å²) in [5.74, 6) is 0. The Hall–Kier alpha value is -0.920. The van der Waals surface area contributed by atoms with Gasteiger partial charge in [-0.1, -0.05) is 20.3 Å². The van der Waals surface area contributed by atoms with Gasteiger partial charge in [0.1, 0.15) is 4.90 Å². The van der Waals surface area contributed by atoms with Crippen LogP contribution in [0, 0.1) is 0 Å². The predicted molar refractivity (Wildman–Crippen MR) is 84.7 cm³/mol. The number of sulfonamides is 1. The number of nitrogens with zero attached hydrogens (tertiary/aromatic N) is 2. The number of rotatable bonds is 11. The predicted octanol–water partition coefficient (Wildman–Crippen LogP) is 1.74. The minimum Gasteiger partial charge on any atom is -0.317 e. The Kier molecular flexibility index (Phi) is 7.92. The van der Waals surface area contributed by atoms with Gasteiger partial charge < -0.3 is 5.32 Å². The smallest absolute Gasteiger partial charge is 0.243 e. The van der Waals surface area contributed by atoms with E-state index in [4.69, 9.17) is 0 Å². The van der Waals surface area contributed by atoms with Crippen LogP contribution in [0.3, 0.4) is 0 Å². The van der Waals surface area contributed by atoms with Crippen LogP contribution in [0.4, 0.5) is 0 Å². The molecule has 1 rings (SSSR count). The third-order valence-corrected chi connectivity index (χ3v) is 4.71. The summed E-state index contributed by atoms with van der Waals surface area (Å²) in [6.45, 7) is 8.70. The fourth-order valence-corrected chi connectivity index (χ4v) is 3.33. The molecule has 0 radical (unpaired) electrons. The molecule has 0 fully saturated rings. The molecule has 0 spiro atoms. The first-order chi connectivity index (χ1) is 9.99. The molecule has 1 unspecified atom stereocenters. The second kappa shape index (κ2) is 9.17. The van der Waals surface area contributed by atoms with Crippen molar-refractivity contribution in [2.24, 2.45) is 0 Å². The molecule has 0 saturated heterocycles. The second-order valence-corrected chi connectivity index (χ2v) is 7.07. The maximum Gasteiger partial charge on any atom is 0.243 e. The van der Waals surface area contributed by atoms with E-state index in [1.807, 2.05) is 13.8 Å². The second-order valence-electron chi connectivity index (χ2n) is 5.35. The van der Waals surface area contributed by atoms with Gasteiger partial charge in [0, 0.05) is 18.8 Å². The molecular weight excluding hydrogens is 288 g/mol. The Balaban J connectivity index is 2.49. The molecule has 1 heterocycles. The van der Waals surface area contributed by atoms with E-state index >= 15 is 0 Å². The number of aromatic nitrogens is 2. The van der Waals surface area contributed by atoms with Crippen LogP contribution in [0.15, 0.2) is 17.3 Å². The average molecular weight is 316 g/mol. The molecule has 1 aromatic rings. The van der Waals surface area contributed by atoms with Gasteiger partial charge in [0.15, 0.2) is 0 Å². The SMILES string of the molecule is CCCNCCCn1cc(S(=O)(=O)NC(C)CCC)cn1. The molecule has 0 amide bonds. The van der Waals surface area contributed by atoms with Crippen LogP contribution in [0.5, 0.6) is 0 Å². The van der Waals surface area contributed by atoms with Crippen molar-refractivity contribution in [1.29, 1.82) is 0 Å². The Morgan fingerprint density at radius 1 is 1.29 bits per heavy atom. The van der Waals surface area contributed by atoms with Gasteiger partial charge in [-0.15, -0.1) is 0 Å². The summed E-state index contributed by atoms with van der Waals surface area (Å²) in [4.78, 5) is 0.243. The molecule has 0 aliphatic carbocycles. The summed E-state index contributed by atoms with van der Waals surface area (Å²) in [7, 11) is -3.45. The first-order valence-corrected chi connectivity index (χ1v) is 9.23. The van der Waals surface area contributed by atoms with Crippen molar-refractivity contribution in [2.75, 3.05) is 13.1 Å². The third-order valence-electron chi connectivity index (χ3n) is 3.17. The molecule has 122 valence electrons. The summed E-state index contributed by atoms with van der Waals surface area (Å²) in [5.41, 5.74) is 0. The molecule has 6 nitrogen and oxygen atoms in total. The van der Waals surface area contributed by atoms with E-state index in [-0.39, 0.29) is 10.9 Å². The molecule has 0 saturated carbocycles. The number of hydrogen-bond acceptors (Lipinski definition) is 4. The van der Waals surface area contributed by atoms with Crippen LogP contribution in [0.25, 0.3) is 0 Å². The van der Waals surface area contributed by atoms with Crippen molar-refractivity contribution < 1.29 is 8.42 Å². The van der Waals surface area contributed by atoms with Crippen LogP contribution in [-0.4, -0.2) is 37.3 Å². The summed E-state index contributed by atoms with van der Waals surface area (Å²) in [5, 5.41) is 7.43. The zero-order valence-electron chi connectivity index (χ0n) is 13.3. The van der Waals surface area contributed by atoms with Gasteiger partial charge in [-0.2, -0.15) is 5.10 Å². The standard InChI is InChI=1S/C14H28N4O2S/c1-4-7-13(3)17-21(19,20)14-11-16-18(12-14)10-6-9-15-8-5-2/h11-13,15,17H,4-10H2,1-3H3.